The van der Waals surface area contributed by atoms with Gasteiger partial charge < -0.3 is 39.6 Å². The number of halogens is 3. The number of amides is 2. The molecule has 55 heavy (non-hydrogen) atoms. The fraction of sp³-hybridized carbons (Fsp3) is 0.300. The van der Waals surface area contributed by atoms with Gasteiger partial charge in [0.2, 0.25) is 17.7 Å². The van der Waals surface area contributed by atoms with Crippen LogP contribution in [0.5, 0.6) is 5.75 Å². The third-order valence-corrected chi connectivity index (χ3v) is 12.5. The molecule has 3 aromatic carbocycles. The molecule has 7 heterocycles. The van der Waals surface area contributed by atoms with E-state index in [1.807, 2.05) is 44.2 Å². The van der Waals surface area contributed by atoms with E-state index >= 15 is 0 Å². The number of nitrogens with one attached hydrogen (secondary N) is 4. The first-order valence-corrected chi connectivity index (χ1v) is 20.0. The smallest absolute Gasteiger partial charge is 0.250 e. The molecule has 0 fully saturated rings. The van der Waals surface area contributed by atoms with E-state index < -0.39 is 41.6 Å². The Hall–Kier alpha value is -4.63. The molecule has 4 aliphatic heterocycles. The van der Waals surface area contributed by atoms with Gasteiger partial charge in [-0.2, -0.15) is 0 Å². The van der Waals surface area contributed by atoms with E-state index in [-0.39, 0.29) is 30.0 Å². The molecule has 10 bridgehead atoms. The number of anilines is 1. The van der Waals surface area contributed by atoms with Gasteiger partial charge in [-0.1, -0.05) is 79.5 Å². The third-order valence-electron chi connectivity index (χ3n) is 11.2. The molecule has 4 aliphatic rings. The molecular weight excluding hydrogens is 856 g/mol. The van der Waals surface area contributed by atoms with Crippen LogP contribution in [0, 0.1) is 11.8 Å². The Kier molecular flexibility index (Phi) is 7.72. The second-order valence-electron chi connectivity index (χ2n) is 15.3. The van der Waals surface area contributed by atoms with E-state index in [9.17, 15) is 14.7 Å². The lowest BCUT2D eigenvalue weighted by Crippen LogP contribution is -2.52. The molecule has 1 spiro atoms. The Bertz CT molecular complexity index is 2650. The van der Waals surface area contributed by atoms with Crippen LogP contribution in [0.1, 0.15) is 62.1 Å². The van der Waals surface area contributed by atoms with Crippen LogP contribution in [-0.2, 0) is 21.4 Å². The van der Waals surface area contributed by atoms with Crippen molar-refractivity contribution in [3.8, 4) is 39.8 Å². The monoisotopic (exact) mass is 886 g/mol. The Morgan fingerprint density at radius 3 is 2.64 bits per heavy atom. The lowest BCUT2D eigenvalue weighted by Gasteiger charge is -2.29. The standard InChI is InChI=1S/C40H33Br2ClN6O6/c1-14(2)27-37-47-29-32(55-37)40-20-10-16(11-23(35(51)46-27)45-36(52)30(50)15(3)4)8-9-24(20)53-39(40)48-28-19(12-17(41)13-21(28)40)18-6-5-7-22-25(18)26(34(43)44-22)31-33(42)49-38(29)54-31/h5-10,12-15,23,27,30,39,44,48,50H,11H2,1-4H3,(H,45,52)(H,46,51)/t23-,27-,30-,39?,40+/m0/s1. The maximum absolute atomic E-state index is 14.2. The number of rotatable bonds is 4. The molecule has 2 amide bonds. The summed E-state index contributed by atoms with van der Waals surface area (Å²) in [5, 5.41) is 21.6. The van der Waals surface area contributed by atoms with Crippen molar-refractivity contribution in [3.05, 3.63) is 91.1 Å². The second-order valence-corrected chi connectivity index (χ2v) is 17.3. The first kappa shape index (κ1) is 34.8. The summed E-state index contributed by atoms with van der Waals surface area (Å²) < 4.78 is 21.8. The highest BCUT2D eigenvalue weighted by molar-refractivity contribution is 9.10. The zero-order valence-corrected chi connectivity index (χ0v) is 33.7. The van der Waals surface area contributed by atoms with Crippen LogP contribution in [0.4, 0.5) is 5.69 Å². The normalized spacial score (nSPS) is 22.1. The number of carbonyl (C=O) groups excluding carboxylic acids is 2. The van der Waals surface area contributed by atoms with Gasteiger partial charge in [0.1, 0.15) is 34.5 Å². The van der Waals surface area contributed by atoms with Crippen molar-refractivity contribution in [2.75, 3.05) is 5.32 Å². The quantitative estimate of drug-likeness (QED) is 0.118. The van der Waals surface area contributed by atoms with Crippen LogP contribution in [0.3, 0.4) is 0 Å². The third kappa shape index (κ3) is 4.90. The predicted molar refractivity (Wildman–Crippen MR) is 212 cm³/mol. The summed E-state index contributed by atoms with van der Waals surface area (Å²) in [6.07, 6.45) is -1.87. The molecule has 15 heteroatoms. The van der Waals surface area contributed by atoms with Gasteiger partial charge in [0.25, 0.3) is 5.89 Å². The van der Waals surface area contributed by atoms with Crippen molar-refractivity contribution in [2.24, 2.45) is 11.8 Å². The van der Waals surface area contributed by atoms with Crippen LogP contribution in [0.25, 0.3) is 44.9 Å². The maximum atomic E-state index is 14.2. The number of oxazole rings is 2. The van der Waals surface area contributed by atoms with Crippen LogP contribution < -0.4 is 20.7 Å². The van der Waals surface area contributed by atoms with E-state index in [4.69, 9.17) is 35.1 Å². The van der Waals surface area contributed by atoms with Crippen molar-refractivity contribution in [2.45, 2.75) is 63.9 Å². The minimum absolute atomic E-state index is 0.138. The zero-order valence-electron chi connectivity index (χ0n) is 29.8. The molecule has 6 aromatic rings. The Morgan fingerprint density at radius 1 is 1.04 bits per heavy atom. The molecule has 12 nitrogen and oxygen atoms in total. The molecule has 280 valence electrons. The summed E-state index contributed by atoms with van der Waals surface area (Å²) in [6, 6.07) is 14.1. The summed E-state index contributed by atoms with van der Waals surface area (Å²) in [6.45, 7) is 7.39. The first-order chi connectivity index (χ1) is 26.3. The molecule has 10 rings (SSSR count). The fourth-order valence-corrected chi connectivity index (χ4v) is 9.72. The van der Waals surface area contributed by atoms with Gasteiger partial charge in [0.05, 0.1) is 5.56 Å². The lowest BCUT2D eigenvalue weighted by molar-refractivity contribution is -0.135. The van der Waals surface area contributed by atoms with Crippen molar-refractivity contribution in [1.82, 2.24) is 25.6 Å². The van der Waals surface area contributed by atoms with Crippen molar-refractivity contribution in [1.29, 1.82) is 0 Å². The molecule has 0 radical (unpaired) electrons. The van der Waals surface area contributed by atoms with Crippen molar-refractivity contribution >= 4 is 71.9 Å². The van der Waals surface area contributed by atoms with Crippen LogP contribution in [-0.4, -0.2) is 50.2 Å². The molecule has 0 saturated heterocycles. The Morgan fingerprint density at radius 2 is 1.85 bits per heavy atom. The van der Waals surface area contributed by atoms with Gasteiger partial charge in [-0.05, 0) is 63.2 Å². The largest absolute Gasteiger partial charge is 0.469 e. The topological polar surface area (TPSA) is 168 Å². The SMILES string of the molecule is CC(C)[C@H](O)C(=O)N[C@H]1Cc2ccc3c(c2)[C@]24c5cc(Br)cc(c5NC2O3)-c2cccc3[nH]c(Cl)c(c23)-c2oc(nc2Br)-c2nc(oc24)[C@H](C(C)C)NC1=O. The van der Waals surface area contributed by atoms with E-state index in [0.29, 0.717) is 38.3 Å². The summed E-state index contributed by atoms with van der Waals surface area (Å²) in [5.74, 6) is 0.181. The molecule has 0 saturated carbocycles. The van der Waals surface area contributed by atoms with Gasteiger partial charge in [0.15, 0.2) is 28.0 Å². The number of aliphatic hydroxyl groups is 1. The minimum Gasteiger partial charge on any atom is -0.469 e. The van der Waals surface area contributed by atoms with Gasteiger partial charge >= 0.3 is 0 Å². The lowest BCUT2D eigenvalue weighted by atomic mass is 9.72. The average molecular weight is 889 g/mol. The number of aliphatic hydroxyl groups excluding tert-OH is 1. The number of H-pyrrole nitrogens is 1. The number of aromatic nitrogens is 3. The fourth-order valence-electron chi connectivity index (χ4n) is 8.54. The summed E-state index contributed by atoms with van der Waals surface area (Å²) in [5.41, 5.74) is 5.63. The number of benzene rings is 3. The molecule has 0 aliphatic carbocycles. The second kappa shape index (κ2) is 12.2. The van der Waals surface area contributed by atoms with Gasteiger partial charge in [-0.15, -0.1) is 0 Å². The number of ether oxygens (including phenoxy) is 1. The number of aromatic amines is 1. The van der Waals surface area contributed by atoms with Crippen molar-refractivity contribution < 1.29 is 28.3 Å². The zero-order chi connectivity index (χ0) is 38.2. The average Bonchev–Trinajstić information content (AvgIpc) is 3.94. The summed E-state index contributed by atoms with van der Waals surface area (Å²) in [4.78, 5) is 40.8. The molecule has 3 aromatic heterocycles. The van der Waals surface area contributed by atoms with Gasteiger partial charge in [-0.3, -0.25) is 9.59 Å². The number of carbonyl (C=O) groups is 2. The highest BCUT2D eigenvalue weighted by atomic mass is 79.9. The van der Waals surface area contributed by atoms with Crippen molar-refractivity contribution in [3.63, 3.8) is 0 Å². The Balaban J connectivity index is 1.31. The van der Waals surface area contributed by atoms with Gasteiger partial charge in [-0.25, -0.2) is 9.97 Å². The first-order valence-electron chi connectivity index (χ1n) is 18.0. The maximum Gasteiger partial charge on any atom is 0.250 e. The summed E-state index contributed by atoms with van der Waals surface area (Å²) in [7, 11) is 0. The van der Waals surface area contributed by atoms with E-state index in [2.05, 4.69) is 71.0 Å². The van der Waals surface area contributed by atoms with Gasteiger partial charge in [0, 0.05) is 44.2 Å². The molecular formula is C40H33Br2ClN6O6. The number of fused-ring (bicyclic) bond motifs is 7. The minimum atomic E-state index is -1.30. The molecule has 1 unspecified atom stereocenters. The molecule has 5 atom stereocenters. The van der Waals surface area contributed by atoms with E-state index in [1.165, 1.54) is 0 Å². The molecule has 5 N–H and O–H groups in total. The number of hydrogen-bond acceptors (Lipinski definition) is 9. The van der Waals surface area contributed by atoms with Crippen LogP contribution in [0.2, 0.25) is 5.15 Å². The van der Waals surface area contributed by atoms with E-state index in [0.717, 1.165) is 48.9 Å². The summed E-state index contributed by atoms with van der Waals surface area (Å²) >= 11 is 14.5. The Labute approximate surface area is 336 Å². The highest BCUT2D eigenvalue weighted by Crippen LogP contribution is 2.62. The highest BCUT2D eigenvalue weighted by Gasteiger charge is 2.62. The van der Waals surface area contributed by atoms with E-state index in [1.54, 1.807) is 13.8 Å². The van der Waals surface area contributed by atoms with Crippen LogP contribution in [0.15, 0.2) is 66.4 Å². The number of nitrogens with zero attached hydrogens (tertiary/aromatic N) is 2. The predicted octanol–water partition coefficient (Wildman–Crippen LogP) is 7.99. The number of hydrogen-bond donors (Lipinski definition) is 5. The van der Waals surface area contributed by atoms with Crippen LogP contribution >= 0.6 is 43.5 Å².